The van der Waals surface area contributed by atoms with Gasteiger partial charge in [0.05, 0.1) is 32.7 Å². The number of fused-ring (bicyclic) bond motifs is 3. The first kappa shape index (κ1) is 30.4. The van der Waals surface area contributed by atoms with Crippen LogP contribution in [0.4, 0.5) is 5.13 Å². The number of carbonyl (C=O) groups is 2. The number of aryl methyl sites for hydroxylation is 1. The summed E-state index contributed by atoms with van der Waals surface area (Å²) in [6.07, 6.45) is 14.8. The van der Waals surface area contributed by atoms with Gasteiger partial charge in [0.1, 0.15) is 0 Å². The van der Waals surface area contributed by atoms with Crippen LogP contribution >= 0.6 is 22.9 Å². The molecule has 11 heteroatoms. The van der Waals surface area contributed by atoms with Crippen LogP contribution in [0, 0.1) is 0 Å². The number of carbonyl (C=O) groups excluding carboxylic acids is 2. The molecule has 44 heavy (non-hydrogen) atoms. The number of nitrogens with zero attached hydrogens (tertiary/aromatic N) is 4. The number of benzene rings is 1. The molecule has 1 aliphatic heterocycles. The Kier molecular flexibility index (Phi) is 9.69. The van der Waals surface area contributed by atoms with Crippen molar-refractivity contribution in [1.29, 1.82) is 0 Å². The van der Waals surface area contributed by atoms with Gasteiger partial charge in [0.2, 0.25) is 5.91 Å². The first-order valence-electron chi connectivity index (χ1n) is 15.6. The molecule has 0 spiro atoms. The number of pyridine rings is 1. The number of anilines is 1. The highest BCUT2D eigenvalue weighted by molar-refractivity contribution is 7.19. The Hall–Kier alpha value is -3.60. The Labute approximate surface area is 266 Å². The van der Waals surface area contributed by atoms with Crippen LogP contribution in [0.1, 0.15) is 79.9 Å². The fourth-order valence-electron chi connectivity index (χ4n) is 6.12. The molecule has 230 valence electrons. The average Bonchev–Trinajstić information content (AvgIpc) is 3.64. The Morgan fingerprint density at radius 1 is 1.05 bits per heavy atom. The summed E-state index contributed by atoms with van der Waals surface area (Å²) in [7, 11) is 0. The number of thiazole rings is 1. The van der Waals surface area contributed by atoms with Crippen molar-refractivity contribution in [3.8, 4) is 27.5 Å². The van der Waals surface area contributed by atoms with Gasteiger partial charge < -0.3 is 16.0 Å². The Balaban J connectivity index is 0.000000513. The van der Waals surface area contributed by atoms with E-state index >= 15 is 0 Å². The summed E-state index contributed by atoms with van der Waals surface area (Å²) < 4.78 is 1.84. The smallest absolute Gasteiger partial charge is 0.251 e. The van der Waals surface area contributed by atoms with Crippen LogP contribution in [0.25, 0.3) is 27.5 Å². The molecule has 0 radical (unpaired) electrons. The largest absolute Gasteiger partial charge is 0.349 e. The van der Waals surface area contributed by atoms with Crippen LogP contribution in [0.5, 0.6) is 0 Å². The summed E-state index contributed by atoms with van der Waals surface area (Å²) in [5.41, 5.74) is 5.86. The van der Waals surface area contributed by atoms with Gasteiger partial charge in [-0.25, -0.2) is 9.67 Å². The summed E-state index contributed by atoms with van der Waals surface area (Å²) in [4.78, 5) is 34.5. The number of piperidine rings is 1. The van der Waals surface area contributed by atoms with E-state index in [4.69, 9.17) is 16.7 Å². The Morgan fingerprint density at radius 3 is 2.50 bits per heavy atom. The second-order valence-electron chi connectivity index (χ2n) is 11.6. The molecule has 0 unspecified atom stereocenters. The molecule has 4 aromatic rings. The van der Waals surface area contributed by atoms with E-state index in [9.17, 15) is 9.59 Å². The van der Waals surface area contributed by atoms with Gasteiger partial charge in [0.15, 0.2) is 5.13 Å². The van der Waals surface area contributed by atoms with E-state index in [0.717, 1.165) is 71.6 Å². The third-order valence-corrected chi connectivity index (χ3v) is 9.63. The summed E-state index contributed by atoms with van der Waals surface area (Å²) in [5, 5.41) is 15.3. The topological polar surface area (TPSA) is 114 Å². The maximum absolute atomic E-state index is 12.9. The van der Waals surface area contributed by atoms with Crippen molar-refractivity contribution in [3.05, 3.63) is 64.6 Å². The van der Waals surface area contributed by atoms with Crippen LogP contribution in [0.2, 0.25) is 5.02 Å². The van der Waals surface area contributed by atoms with E-state index in [2.05, 4.69) is 25.9 Å². The number of hydrogen-bond acceptors (Lipinski definition) is 7. The number of aromatic nitrogens is 4. The van der Waals surface area contributed by atoms with Gasteiger partial charge in [-0.15, -0.1) is 0 Å². The van der Waals surface area contributed by atoms with Crippen molar-refractivity contribution >= 4 is 39.9 Å². The number of rotatable bonds is 5. The van der Waals surface area contributed by atoms with Gasteiger partial charge in [-0.1, -0.05) is 48.6 Å². The molecule has 2 aliphatic carbocycles. The van der Waals surface area contributed by atoms with Crippen LogP contribution in [0.3, 0.4) is 0 Å². The van der Waals surface area contributed by atoms with E-state index in [1.807, 2.05) is 22.9 Å². The van der Waals surface area contributed by atoms with Gasteiger partial charge in [-0.05, 0) is 81.9 Å². The standard InChI is InChI=1S/C28H27ClN6O2S.C5H11N/c1-16(36)31-28-33-22-11-10-20-24(18-6-5-13-30-15-18)34-35(25(20)26(22)38-28)23-12-9-17(14-21(23)29)27(37)32-19-7-3-2-4-8-19;1-2-4-6-5-3-1/h5-6,9,12-15,19H,2-4,7-8,10-11H2,1H3,(H,32,37)(H,31,33,36);6H,1-5H2. The number of nitrogens with one attached hydrogen (secondary N) is 3. The third-order valence-electron chi connectivity index (χ3n) is 8.31. The third kappa shape index (κ3) is 6.87. The monoisotopic (exact) mass is 631 g/mol. The SMILES string of the molecule is C1CCNCC1.CC(=O)Nc1nc2c(s1)-c1c(c(-c3cccnc3)nn1-c1ccc(C(=O)NC3CCCCC3)cc1Cl)CC2. The first-order chi connectivity index (χ1) is 21.5. The minimum Gasteiger partial charge on any atom is -0.349 e. The summed E-state index contributed by atoms with van der Waals surface area (Å²) in [6.45, 7) is 3.97. The predicted octanol–water partition coefficient (Wildman–Crippen LogP) is 6.59. The maximum atomic E-state index is 12.9. The van der Waals surface area contributed by atoms with E-state index in [-0.39, 0.29) is 17.9 Å². The fraction of sp³-hybridized carbons (Fsp3) is 0.424. The van der Waals surface area contributed by atoms with E-state index in [0.29, 0.717) is 21.4 Å². The van der Waals surface area contributed by atoms with E-state index in [1.165, 1.54) is 57.0 Å². The molecular weight excluding hydrogens is 594 g/mol. The fourth-order valence-corrected chi connectivity index (χ4v) is 7.50. The average molecular weight is 632 g/mol. The second-order valence-corrected chi connectivity index (χ2v) is 13.0. The molecule has 9 nitrogen and oxygen atoms in total. The van der Waals surface area contributed by atoms with Gasteiger partial charge in [0.25, 0.3) is 5.91 Å². The molecule has 1 saturated carbocycles. The highest BCUT2D eigenvalue weighted by Crippen LogP contribution is 2.44. The van der Waals surface area contributed by atoms with Crippen molar-refractivity contribution in [2.45, 2.75) is 77.2 Å². The van der Waals surface area contributed by atoms with Gasteiger partial charge >= 0.3 is 0 Å². The molecule has 3 aliphatic rings. The van der Waals surface area contributed by atoms with Crippen molar-refractivity contribution < 1.29 is 9.59 Å². The molecule has 3 N–H and O–H groups in total. The quantitative estimate of drug-likeness (QED) is 0.229. The lowest BCUT2D eigenvalue weighted by Gasteiger charge is -2.23. The minimum absolute atomic E-state index is 0.103. The van der Waals surface area contributed by atoms with Gasteiger partial charge in [-0.3, -0.25) is 14.6 Å². The number of amides is 2. The zero-order chi connectivity index (χ0) is 30.5. The maximum Gasteiger partial charge on any atom is 0.251 e. The molecule has 1 aromatic carbocycles. The molecular formula is C33H38ClN7O2S. The van der Waals surface area contributed by atoms with E-state index < -0.39 is 0 Å². The lowest BCUT2D eigenvalue weighted by atomic mass is 9.95. The normalized spacial score (nSPS) is 16.2. The Morgan fingerprint density at radius 2 is 1.84 bits per heavy atom. The van der Waals surface area contributed by atoms with Crippen molar-refractivity contribution in [2.24, 2.45) is 0 Å². The highest BCUT2D eigenvalue weighted by atomic mass is 35.5. The minimum atomic E-state index is -0.161. The summed E-state index contributed by atoms with van der Waals surface area (Å²) in [6, 6.07) is 9.47. The molecule has 2 amide bonds. The molecule has 2 fully saturated rings. The molecule has 4 heterocycles. The molecule has 3 aromatic heterocycles. The summed E-state index contributed by atoms with van der Waals surface area (Å²) >= 11 is 8.26. The van der Waals surface area contributed by atoms with Gasteiger partial charge in [0, 0.05) is 42.0 Å². The Bertz CT molecular complexity index is 1610. The van der Waals surface area contributed by atoms with Crippen molar-refractivity contribution in [3.63, 3.8) is 0 Å². The zero-order valence-corrected chi connectivity index (χ0v) is 26.6. The summed E-state index contributed by atoms with van der Waals surface area (Å²) in [5.74, 6) is -0.264. The lowest BCUT2D eigenvalue weighted by molar-refractivity contribution is -0.114. The number of halogens is 1. The van der Waals surface area contributed by atoms with Crippen molar-refractivity contribution in [1.82, 2.24) is 30.4 Å². The molecule has 1 saturated heterocycles. The molecule has 0 atom stereocenters. The van der Waals surface area contributed by atoms with Gasteiger partial charge in [-0.2, -0.15) is 5.10 Å². The number of hydrogen-bond donors (Lipinski definition) is 3. The second kappa shape index (κ2) is 14.0. The van der Waals surface area contributed by atoms with Crippen LogP contribution in [0.15, 0.2) is 42.7 Å². The first-order valence-corrected chi connectivity index (χ1v) is 16.8. The van der Waals surface area contributed by atoms with Crippen LogP contribution < -0.4 is 16.0 Å². The van der Waals surface area contributed by atoms with E-state index in [1.54, 1.807) is 24.5 Å². The molecule has 0 bridgehead atoms. The van der Waals surface area contributed by atoms with Crippen molar-refractivity contribution in [2.75, 3.05) is 18.4 Å². The van der Waals surface area contributed by atoms with Crippen LogP contribution in [-0.4, -0.2) is 50.7 Å². The molecule has 7 rings (SSSR count). The van der Waals surface area contributed by atoms with Crippen LogP contribution in [-0.2, 0) is 17.6 Å². The zero-order valence-electron chi connectivity index (χ0n) is 25.0. The lowest BCUT2D eigenvalue weighted by Crippen LogP contribution is -2.36. The highest BCUT2D eigenvalue weighted by Gasteiger charge is 2.30. The predicted molar refractivity (Wildman–Crippen MR) is 176 cm³/mol.